The van der Waals surface area contributed by atoms with Crippen LogP contribution in [0.25, 0.3) is 0 Å². The lowest BCUT2D eigenvalue weighted by atomic mass is 9.86. The van der Waals surface area contributed by atoms with Crippen LogP contribution in [0.3, 0.4) is 0 Å². The molecule has 6 heteroatoms. The molecule has 1 aliphatic carbocycles. The number of piperazine rings is 1. The Morgan fingerprint density at radius 1 is 1.00 bits per heavy atom. The average Bonchev–Trinajstić information content (AvgIpc) is 2.82. The number of benzene rings is 1. The standard InChI is InChI=1S/C25H40N4O2/c1-4-11-29(23-7-5-20-6-8-24(31-3)19-21(20)18-23)22-9-12-27(13-10-22)25(30)28-16-14-26(2)15-17-28/h6,8,19,22-23H,4-5,7,9-18H2,1-3H3/t23-/m1/s1. The first-order valence-electron chi connectivity index (χ1n) is 12.2. The topological polar surface area (TPSA) is 39.3 Å². The molecule has 2 fully saturated rings. The summed E-state index contributed by atoms with van der Waals surface area (Å²) in [6, 6.07) is 8.03. The summed E-state index contributed by atoms with van der Waals surface area (Å²) in [4.78, 5) is 22.2. The van der Waals surface area contributed by atoms with Gasteiger partial charge in [0, 0.05) is 51.4 Å². The van der Waals surface area contributed by atoms with E-state index in [1.165, 1.54) is 24.0 Å². The maximum atomic E-state index is 13.0. The minimum absolute atomic E-state index is 0.257. The molecule has 6 nitrogen and oxygen atoms in total. The molecule has 0 aromatic heterocycles. The van der Waals surface area contributed by atoms with Gasteiger partial charge < -0.3 is 19.4 Å². The fourth-order valence-corrected chi connectivity index (χ4v) is 5.63. The van der Waals surface area contributed by atoms with Crippen LogP contribution >= 0.6 is 0 Å². The zero-order valence-electron chi connectivity index (χ0n) is 19.7. The number of piperidine rings is 1. The van der Waals surface area contributed by atoms with Crippen molar-refractivity contribution in [3.63, 3.8) is 0 Å². The van der Waals surface area contributed by atoms with Gasteiger partial charge in [0.2, 0.25) is 0 Å². The van der Waals surface area contributed by atoms with Crippen LogP contribution in [0.5, 0.6) is 5.75 Å². The van der Waals surface area contributed by atoms with Gasteiger partial charge in [-0.3, -0.25) is 4.90 Å². The van der Waals surface area contributed by atoms with Crippen molar-refractivity contribution in [2.75, 3.05) is 60.0 Å². The number of urea groups is 1. The summed E-state index contributed by atoms with van der Waals surface area (Å²) >= 11 is 0. The Kier molecular flexibility index (Phi) is 7.39. The number of nitrogens with zero attached hydrogens (tertiary/aromatic N) is 4. The van der Waals surface area contributed by atoms with Crippen molar-refractivity contribution in [1.82, 2.24) is 19.6 Å². The van der Waals surface area contributed by atoms with Crippen molar-refractivity contribution in [1.29, 1.82) is 0 Å². The minimum Gasteiger partial charge on any atom is -0.497 e. The van der Waals surface area contributed by atoms with Gasteiger partial charge in [0.05, 0.1) is 7.11 Å². The van der Waals surface area contributed by atoms with Crippen molar-refractivity contribution >= 4 is 6.03 Å². The van der Waals surface area contributed by atoms with Crippen molar-refractivity contribution < 1.29 is 9.53 Å². The number of hydrogen-bond acceptors (Lipinski definition) is 4. The molecular weight excluding hydrogens is 388 g/mol. The fourth-order valence-electron chi connectivity index (χ4n) is 5.63. The molecule has 4 rings (SSSR count). The molecule has 2 amide bonds. The molecule has 2 aliphatic heterocycles. The van der Waals surface area contributed by atoms with E-state index >= 15 is 0 Å². The first kappa shape index (κ1) is 22.4. The van der Waals surface area contributed by atoms with Gasteiger partial charge in [-0.15, -0.1) is 0 Å². The van der Waals surface area contributed by atoms with E-state index in [0.29, 0.717) is 12.1 Å². The third-order valence-corrected chi connectivity index (χ3v) is 7.54. The van der Waals surface area contributed by atoms with Crippen LogP contribution in [0.15, 0.2) is 18.2 Å². The highest BCUT2D eigenvalue weighted by Gasteiger charge is 2.33. The second-order valence-corrected chi connectivity index (χ2v) is 9.56. The van der Waals surface area contributed by atoms with Crippen LogP contribution in [0.2, 0.25) is 0 Å². The molecule has 172 valence electrons. The van der Waals surface area contributed by atoms with E-state index in [1.54, 1.807) is 7.11 Å². The highest BCUT2D eigenvalue weighted by atomic mass is 16.5. The van der Waals surface area contributed by atoms with Gasteiger partial charge in [-0.25, -0.2) is 4.79 Å². The SMILES string of the molecule is CCCN(C1CCN(C(=O)N2CCN(C)CC2)CC1)[C@@H]1CCc2ccc(OC)cc2C1. The van der Waals surface area contributed by atoms with Crippen molar-refractivity contribution in [3.05, 3.63) is 29.3 Å². The van der Waals surface area contributed by atoms with Crippen LogP contribution in [0.4, 0.5) is 4.79 Å². The number of fused-ring (bicyclic) bond motifs is 1. The summed E-state index contributed by atoms with van der Waals surface area (Å²) in [6.45, 7) is 8.94. The Morgan fingerprint density at radius 3 is 2.39 bits per heavy atom. The van der Waals surface area contributed by atoms with E-state index < -0.39 is 0 Å². The van der Waals surface area contributed by atoms with Gasteiger partial charge in [-0.2, -0.15) is 0 Å². The molecule has 1 aromatic rings. The van der Waals surface area contributed by atoms with Gasteiger partial charge in [-0.05, 0) is 75.4 Å². The van der Waals surface area contributed by atoms with Crippen LogP contribution in [0.1, 0.15) is 43.7 Å². The highest BCUT2D eigenvalue weighted by Crippen LogP contribution is 2.31. The number of rotatable bonds is 5. The maximum absolute atomic E-state index is 13.0. The highest BCUT2D eigenvalue weighted by molar-refractivity contribution is 5.74. The molecule has 0 spiro atoms. The molecule has 1 atom stereocenters. The molecule has 0 unspecified atom stereocenters. The molecule has 3 aliphatic rings. The van der Waals surface area contributed by atoms with E-state index in [0.717, 1.165) is 77.2 Å². The summed E-state index contributed by atoms with van der Waals surface area (Å²) in [7, 11) is 3.89. The van der Waals surface area contributed by atoms with Gasteiger partial charge in [0.1, 0.15) is 5.75 Å². The number of likely N-dealkylation sites (N-methyl/N-ethyl adjacent to an activating group) is 1. The zero-order chi connectivity index (χ0) is 21.8. The van der Waals surface area contributed by atoms with Crippen molar-refractivity contribution in [2.45, 2.75) is 57.5 Å². The Balaban J connectivity index is 1.36. The molecular formula is C25H40N4O2. The maximum Gasteiger partial charge on any atom is 0.320 e. The smallest absolute Gasteiger partial charge is 0.320 e. The molecule has 0 N–H and O–H groups in total. The summed E-state index contributed by atoms with van der Waals surface area (Å²) in [5, 5.41) is 0. The summed E-state index contributed by atoms with van der Waals surface area (Å²) in [5.41, 5.74) is 2.94. The largest absolute Gasteiger partial charge is 0.497 e. The first-order valence-corrected chi connectivity index (χ1v) is 12.2. The number of likely N-dealkylation sites (tertiary alicyclic amines) is 1. The molecule has 0 bridgehead atoms. The fraction of sp³-hybridized carbons (Fsp3) is 0.720. The van der Waals surface area contributed by atoms with Crippen molar-refractivity contribution in [3.8, 4) is 5.75 Å². The second-order valence-electron chi connectivity index (χ2n) is 9.56. The Hall–Kier alpha value is -1.79. The molecule has 2 saturated heterocycles. The number of carbonyl (C=O) groups is 1. The predicted molar refractivity (Wildman–Crippen MR) is 125 cm³/mol. The number of amides is 2. The third-order valence-electron chi connectivity index (χ3n) is 7.54. The van der Waals surface area contributed by atoms with Gasteiger partial charge in [0.25, 0.3) is 0 Å². The average molecular weight is 429 g/mol. The molecule has 2 heterocycles. The number of methoxy groups -OCH3 is 1. The van der Waals surface area contributed by atoms with Gasteiger partial charge in [-0.1, -0.05) is 13.0 Å². The number of ether oxygens (including phenoxy) is 1. The van der Waals surface area contributed by atoms with Crippen LogP contribution in [0, 0.1) is 0 Å². The van der Waals surface area contributed by atoms with E-state index in [2.05, 4.69) is 51.8 Å². The molecule has 1 aromatic carbocycles. The lowest BCUT2D eigenvalue weighted by Crippen LogP contribution is -2.56. The van der Waals surface area contributed by atoms with Crippen LogP contribution in [-0.4, -0.2) is 97.7 Å². The van der Waals surface area contributed by atoms with Crippen LogP contribution in [-0.2, 0) is 12.8 Å². The summed E-state index contributed by atoms with van der Waals surface area (Å²) in [5.74, 6) is 0.970. The van der Waals surface area contributed by atoms with Crippen molar-refractivity contribution in [2.24, 2.45) is 0 Å². The Morgan fingerprint density at radius 2 is 1.71 bits per heavy atom. The van der Waals surface area contributed by atoms with E-state index in [9.17, 15) is 4.79 Å². The van der Waals surface area contributed by atoms with E-state index in [1.807, 2.05) is 0 Å². The quantitative estimate of drug-likeness (QED) is 0.723. The number of aryl methyl sites for hydroxylation is 1. The van der Waals surface area contributed by atoms with E-state index in [-0.39, 0.29) is 6.03 Å². The first-order chi connectivity index (χ1) is 15.1. The molecule has 0 saturated carbocycles. The Labute approximate surface area is 188 Å². The number of hydrogen-bond donors (Lipinski definition) is 0. The normalized spacial score (nSPS) is 23.2. The predicted octanol–water partition coefficient (Wildman–Crippen LogP) is 3.10. The summed E-state index contributed by atoms with van der Waals surface area (Å²) in [6.07, 6.45) is 6.89. The second kappa shape index (κ2) is 10.2. The summed E-state index contributed by atoms with van der Waals surface area (Å²) < 4.78 is 5.47. The third kappa shape index (κ3) is 5.17. The van der Waals surface area contributed by atoms with E-state index in [4.69, 9.17) is 4.74 Å². The van der Waals surface area contributed by atoms with Gasteiger partial charge >= 0.3 is 6.03 Å². The monoisotopic (exact) mass is 428 g/mol. The molecule has 0 radical (unpaired) electrons. The van der Waals surface area contributed by atoms with Gasteiger partial charge in [0.15, 0.2) is 0 Å². The Bertz CT molecular complexity index is 739. The lowest BCUT2D eigenvalue weighted by Gasteiger charge is -2.45. The van der Waals surface area contributed by atoms with Crippen LogP contribution < -0.4 is 4.74 Å². The lowest BCUT2D eigenvalue weighted by molar-refractivity contribution is 0.0633. The minimum atomic E-state index is 0.257. The molecule has 31 heavy (non-hydrogen) atoms. The number of carbonyl (C=O) groups excluding carboxylic acids is 1. The zero-order valence-corrected chi connectivity index (χ0v) is 19.7.